The van der Waals surface area contributed by atoms with Gasteiger partial charge < -0.3 is 33.5 Å². The van der Waals surface area contributed by atoms with Crippen molar-refractivity contribution < 1.29 is 43.2 Å². The molecule has 4 rings (SSSR count). The Morgan fingerprint density at radius 1 is 0.783 bits per heavy atom. The number of carbonyl (C=O) groups is 1. The number of esters is 1. The molecule has 4 aromatic rings. The quantitative estimate of drug-likeness (QED) is 0.0499. The predicted octanol–water partition coefficient (Wildman–Crippen LogP) is 5.82. The lowest BCUT2D eigenvalue weighted by atomic mass is 9.80. The van der Waals surface area contributed by atoms with E-state index in [9.17, 15) is 14.9 Å². The van der Waals surface area contributed by atoms with Crippen LogP contribution in [0.15, 0.2) is 91.0 Å². The van der Waals surface area contributed by atoms with Gasteiger partial charge in [-0.15, -0.1) is 0 Å². The second kappa shape index (κ2) is 16.3. The smallest absolute Gasteiger partial charge is 0.308 e. The third kappa shape index (κ3) is 7.92. The minimum atomic E-state index is -1.11. The Kier molecular flexibility index (Phi) is 11.9. The molecule has 0 radical (unpaired) electrons. The minimum Gasteiger partial charge on any atom is -0.497 e. The van der Waals surface area contributed by atoms with Gasteiger partial charge in [-0.05, 0) is 47.0 Å². The monoisotopic (exact) mass is 631 g/mol. The van der Waals surface area contributed by atoms with Gasteiger partial charge in [-0.2, -0.15) is 0 Å². The molecule has 11 nitrogen and oxygen atoms in total. The van der Waals surface area contributed by atoms with Crippen LogP contribution >= 0.6 is 0 Å². The third-order valence-corrected chi connectivity index (χ3v) is 7.31. The summed E-state index contributed by atoms with van der Waals surface area (Å²) in [4.78, 5) is 24.2. The Labute approximate surface area is 267 Å². The number of carbonyl (C=O) groups excluding carboxylic acids is 1. The maximum Gasteiger partial charge on any atom is 0.308 e. The number of hydrogen-bond acceptors (Lipinski definition) is 10. The van der Waals surface area contributed by atoms with Gasteiger partial charge in [0.25, 0.3) is 5.69 Å². The largest absolute Gasteiger partial charge is 0.497 e. The highest BCUT2D eigenvalue weighted by Gasteiger charge is 2.38. The molecule has 0 spiro atoms. The van der Waals surface area contributed by atoms with Crippen LogP contribution in [0, 0.1) is 10.1 Å². The maximum absolute atomic E-state index is 13.0. The SMILES string of the molecule is COc1ccc(C(OCCC(=O)OCc2cc(OC)c(OCCCO)cc2[N+](=O)[O-])(c2ccccc2)c2ccc(OC)cc2)cc1. The average Bonchev–Trinajstić information content (AvgIpc) is 3.10. The van der Waals surface area contributed by atoms with Crippen LogP contribution in [0.1, 0.15) is 35.1 Å². The lowest BCUT2D eigenvalue weighted by Crippen LogP contribution is -2.33. The maximum atomic E-state index is 13.0. The molecule has 0 atom stereocenters. The van der Waals surface area contributed by atoms with Crippen LogP contribution in [-0.4, -0.2) is 57.1 Å². The Hall–Kier alpha value is -5.13. The van der Waals surface area contributed by atoms with Crippen molar-refractivity contribution in [2.24, 2.45) is 0 Å². The van der Waals surface area contributed by atoms with Crippen LogP contribution in [0.25, 0.3) is 0 Å². The lowest BCUT2D eigenvalue weighted by Gasteiger charge is -2.36. The number of nitrogens with zero attached hydrogens (tertiary/aromatic N) is 1. The molecule has 11 heteroatoms. The van der Waals surface area contributed by atoms with Gasteiger partial charge in [0.1, 0.15) is 23.7 Å². The Morgan fingerprint density at radius 3 is 1.89 bits per heavy atom. The summed E-state index contributed by atoms with van der Waals surface area (Å²) in [6, 6.07) is 27.3. The summed E-state index contributed by atoms with van der Waals surface area (Å²) in [6.45, 7) is -0.331. The van der Waals surface area contributed by atoms with Crippen molar-refractivity contribution in [2.75, 3.05) is 41.2 Å². The lowest BCUT2D eigenvalue weighted by molar-refractivity contribution is -0.385. The van der Waals surface area contributed by atoms with E-state index in [0.29, 0.717) is 17.9 Å². The van der Waals surface area contributed by atoms with Crippen molar-refractivity contribution in [3.05, 3.63) is 123 Å². The predicted molar refractivity (Wildman–Crippen MR) is 170 cm³/mol. The zero-order valence-electron chi connectivity index (χ0n) is 26.0. The molecule has 0 heterocycles. The van der Waals surface area contributed by atoms with Crippen molar-refractivity contribution in [2.45, 2.75) is 25.0 Å². The molecule has 46 heavy (non-hydrogen) atoms. The van der Waals surface area contributed by atoms with E-state index in [-0.39, 0.29) is 55.6 Å². The Balaban J connectivity index is 1.57. The Bertz CT molecular complexity index is 1530. The second-order valence-electron chi connectivity index (χ2n) is 10.1. The summed E-state index contributed by atoms with van der Waals surface area (Å²) in [6.07, 6.45) is 0.217. The molecular weight excluding hydrogens is 594 g/mol. The molecule has 0 unspecified atom stereocenters. The molecule has 0 amide bonds. The highest BCUT2D eigenvalue weighted by molar-refractivity contribution is 5.69. The van der Waals surface area contributed by atoms with Crippen LogP contribution in [0.3, 0.4) is 0 Å². The molecule has 0 aromatic heterocycles. The molecule has 0 aliphatic carbocycles. The summed E-state index contributed by atoms with van der Waals surface area (Å²) in [7, 11) is 4.59. The van der Waals surface area contributed by atoms with Gasteiger partial charge >= 0.3 is 5.97 Å². The summed E-state index contributed by atoms with van der Waals surface area (Å²) in [5.74, 6) is 1.15. The van der Waals surface area contributed by atoms with E-state index in [4.69, 9.17) is 33.5 Å². The zero-order valence-corrected chi connectivity index (χ0v) is 26.0. The van der Waals surface area contributed by atoms with Gasteiger partial charge in [0.05, 0.1) is 57.5 Å². The molecule has 0 bridgehead atoms. The van der Waals surface area contributed by atoms with E-state index in [1.54, 1.807) is 14.2 Å². The van der Waals surface area contributed by atoms with E-state index >= 15 is 0 Å². The summed E-state index contributed by atoms with van der Waals surface area (Å²) < 4.78 is 33.8. The van der Waals surface area contributed by atoms with Crippen LogP contribution in [-0.2, 0) is 26.5 Å². The van der Waals surface area contributed by atoms with Gasteiger partial charge in [0, 0.05) is 13.0 Å². The van der Waals surface area contributed by atoms with Crippen LogP contribution < -0.4 is 18.9 Å². The second-order valence-corrected chi connectivity index (χ2v) is 10.1. The summed E-state index contributed by atoms with van der Waals surface area (Å²) >= 11 is 0. The third-order valence-electron chi connectivity index (χ3n) is 7.31. The van der Waals surface area contributed by atoms with Gasteiger partial charge in [-0.1, -0.05) is 54.6 Å². The number of aliphatic hydroxyl groups is 1. The van der Waals surface area contributed by atoms with Crippen molar-refractivity contribution in [3.8, 4) is 23.0 Å². The first kappa shape index (κ1) is 33.8. The van der Waals surface area contributed by atoms with Crippen LogP contribution in [0.4, 0.5) is 5.69 Å². The van der Waals surface area contributed by atoms with Crippen LogP contribution in [0.2, 0.25) is 0 Å². The molecule has 4 aromatic carbocycles. The van der Waals surface area contributed by atoms with Crippen molar-refractivity contribution in [3.63, 3.8) is 0 Å². The number of benzene rings is 4. The van der Waals surface area contributed by atoms with Gasteiger partial charge in [0.2, 0.25) is 0 Å². The number of hydrogen-bond donors (Lipinski definition) is 1. The molecule has 0 aliphatic rings. The van der Waals surface area contributed by atoms with Gasteiger partial charge in [-0.25, -0.2) is 0 Å². The number of aliphatic hydroxyl groups excluding tert-OH is 1. The highest BCUT2D eigenvalue weighted by atomic mass is 16.6. The molecular formula is C35H37NO10. The fourth-order valence-corrected chi connectivity index (χ4v) is 4.99. The number of ether oxygens (including phenoxy) is 6. The molecule has 0 aliphatic heterocycles. The first-order valence-corrected chi connectivity index (χ1v) is 14.6. The van der Waals surface area contributed by atoms with E-state index in [2.05, 4.69) is 0 Å². The van der Waals surface area contributed by atoms with Gasteiger partial charge in [-0.3, -0.25) is 14.9 Å². The molecule has 0 saturated carbocycles. The zero-order chi connectivity index (χ0) is 32.9. The Morgan fingerprint density at radius 2 is 1.37 bits per heavy atom. The standard InChI is InChI=1S/C35H37NO10/c1-41-29-14-10-27(11-15-29)35(26-8-5-4-6-9-26,28-12-16-30(42-2)17-13-28)46-21-18-34(38)45-24-25-22-32(43-3)33(44-20-7-19-37)23-31(25)36(39)40/h4-6,8-17,22-23,37H,7,18-21,24H2,1-3H3. The van der Waals surface area contributed by atoms with E-state index in [0.717, 1.165) is 16.7 Å². The topological polar surface area (TPSA) is 136 Å². The summed E-state index contributed by atoms with van der Waals surface area (Å²) in [5.41, 5.74) is 1.19. The van der Waals surface area contributed by atoms with Gasteiger partial charge in [0.15, 0.2) is 11.5 Å². The van der Waals surface area contributed by atoms with E-state index in [1.807, 2.05) is 78.9 Å². The first-order chi connectivity index (χ1) is 22.4. The minimum absolute atomic E-state index is 0.0329. The van der Waals surface area contributed by atoms with E-state index < -0.39 is 16.5 Å². The molecule has 242 valence electrons. The summed E-state index contributed by atoms with van der Waals surface area (Å²) in [5, 5.41) is 20.8. The highest BCUT2D eigenvalue weighted by Crippen LogP contribution is 2.42. The van der Waals surface area contributed by atoms with Crippen molar-refractivity contribution in [1.82, 2.24) is 0 Å². The number of methoxy groups -OCH3 is 3. The molecule has 1 N–H and O–H groups in total. The van der Waals surface area contributed by atoms with Crippen molar-refractivity contribution in [1.29, 1.82) is 0 Å². The average molecular weight is 632 g/mol. The number of rotatable bonds is 17. The fourth-order valence-electron chi connectivity index (χ4n) is 4.99. The number of nitro benzene ring substituents is 1. The van der Waals surface area contributed by atoms with E-state index in [1.165, 1.54) is 19.2 Å². The van der Waals surface area contributed by atoms with Crippen LogP contribution in [0.5, 0.6) is 23.0 Å². The fraction of sp³-hybridized carbons (Fsp3) is 0.286. The number of nitro groups is 1. The first-order valence-electron chi connectivity index (χ1n) is 14.6. The van der Waals surface area contributed by atoms with Crippen molar-refractivity contribution >= 4 is 11.7 Å². The molecule has 0 fully saturated rings. The molecule has 0 saturated heterocycles. The normalized spacial score (nSPS) is 11.0.